The number of rotatable bonds is 6. The second kappa shape index (κ2) is 8.78. The molecule has 0 unspecified atom stereocenters. The number of anilines is 2. The second-order valence-corrected chi connectivity index (χ2v) is 8.19. The summed E-state index contributed by atoms with van der Waals surface area (Å²) < 4.78 is 37.4. The van der Waals surface area contributed by atoms with Gasteiger partial charge in [0, 0.05) is 5.69 Å². The summed E-state index contributed by atoms with van der Waals surface area (Å²) in [6, 6.07) is 7.40. The summed E-state index contributed by atoms with van der Waals surface area (Å²) in [5, 5.41) is 23.2. The Balaban J connectivity index is 2.00. The van der Waals surface area contributed by atoms with Gasteiger partial charge in [0.2, 0.25) is 11.6 Å². The quantitative estimate of drug-likeness (QED) is 0.249. The first-order chi connectivity index (χ1) is 16.2. The van der Waals surface area contributed by atoms with Crippen LogP contribution in [-0.2, 0) is 0 Å². The third kappa shape index (κ3) is 3.55. The molecule has 0 atom stereocenters. The van der Waals surface area contributed by atoms with Gasteiger partial charge in [-0.1, -0.05) is 31.5 Å². The lowest BCUT2D eigenvalue weighted by Gasteiger charge is -2.24. The Bertz CT molecular complexity index is 1330. The summed E-state index contributed by atoms with van der Waals surface area (Å²) >= 11 is 0. The lowest BCUT2D eigenvalue weighted by molar-refractivity contribution is 0.0966. The first-order valence-corrected chi connectivity index (χ1v) is 10.8. The largest absolute Gasteiger partial charge is 0.507 e. The van der Waals surface area contributed by atoms with Crippen LogP contribution in [0.5, 0.6) is 17.2 Å². The van der Waals surface area contributed by atoms with Gasteiger partial charge in [-0.15, -0.1) is 0 Å². The van der Waals surface area contributed by atoms with E-state index in [0.717, 1.165) is 29.7 Å². The van der Waals surface area contributed by atoms with E-state index in [1.54, 1.807) is 26.0 Å². The molecule has 0 aromatic heterocycles. The van der Waals surface area contributed by atoms with Gasteiger partial charge >= 0.3 is 0 Å². The van der Waals surface area contributed by atoms with Crippen molar-refractivity contribution in [2.75, 3.05) is 11.9 Å². The topological polar surface area (TPSA) is 95.9 Å². The lowest BCUT2D eigenvalue weighted by Crippen LogP contribution is -2.25. The molecule has 8 heteroatoms. The number of benzene rings is 3. The normalized spacial score (nSPS) is 12.4. The molecule has 0 saturated carbocycles. The van der Waals surface area contributed by atoms with Crippen LogP contribution >= 0.6 is 0 Å². The number of ether oxygens (including phenoxy) is 1. The average molecular weight is 467 g/mol. The van der Waals surface area contributed by atoms with Crippen LogP contribution < -0.4 is 10.1 Å². The van der Waals surface area contributed by atoms with Gasteiger partial charge in [0.05, 0.1) is 28.9 Å². The molecule has 0 heterocycles. The molecule has 6 nitrogen and oxygen atoms in total. The van der Waals surface area contributed by atoms with Crippen LogP contribution in [0.2, 0.25) is 0 Å². The standard InChI is InChI=1S/C26H23F2NO5/c1-4-5-11-34-26-21(28)19-18(20(27)23(26)29-22-12(2)7-6-8-13(22)3)24(32)16-14(30)9-10-15(31)17(16)25(19)33/h6-10,29-31H,4-5,11H2,1-3H3. The van der Waals surface area contributed by atoms with E-state index in [4.69, 9.17) is 4.74 Å². The Morgan fingerprint density at radius 1 is 0.824 bits per heavy atom. The molecule has 0 amide bonds. The smallest absolute Gasteiger partial charge is 0.201 e. The molecule has 3 aromatic carbocycles. The molecule has 176 valence electrons. The number of aryl methyl sites for hydroxylation is 2. The van der Waals surface area contributed by atoms with E-state index < -0.39 is 68.4 Å². The van der Waals surface area contributed by atoms with Gasteiger partial charge in [0.25, 0.3) is 0 Å². The molecular weight excluding hydrogens is 444 g/mol. The predicted molar refractivity (Wildman–Crippen MR) is 123 cm³/mol. The van der Waals surface area contributed by atoms with Crippen LogP contribution in [0.25, 0.3) is 0 Å². The zero-order valence-corrected chi connectivity index (χ0v) is 18.9. The minimum absolute atomic E-state index is 0.0534. The van der Waals surface area contributed by atoms with Crippen LogP contribution in [0.15, 0.2) is 30.3 Å². The Labute approximate surface area is 194 Å². The van der Waals surface area contributed by atoms with Gasteiger partial charge in [0.1, 0.15) is 17.2 Å². The lowest BCUT2D eigenvalue weighted by atomic mass is 9.81. The summed E-state index contributed by atoms with van der Waals surface area (Å²) in [7, 11) is 0. The predicted octanol–water partition coefficient (Wildman–Crippen LogP) is 5.69. The number of phenolic OH excluding ortho intramolecular Hbond substituents is 2. The van der Waals surface area contributed by atoms with Crippen LogP contribution in [0.4, 0.5) is 20.2 Å². The van der Waals surface area contributed by atoms with Crippen molar-refractivity contribution >= 4 is 22.9 Å². The van der Waals surface area contributed by atoms with Crippen molar-refractivity contribution < 1.29 is 33.3 Å². The highest BCUT2D eigenvalue weighted by Gasteiger charge is 2.41. The molecule has 1 aliphatic rings. The summed E-state index contributed by atoms with van der Waals surface area (Å²) in [5.41, 5.74) is -1.26. The molecule has 3 aromatic rings. The number of hydrogen-bond donors (Lipinski definition) is 3. The third-order valence-electron chi connectivity index (χ3n) is 5.88. The number of unbranched alkanes of at least 4 members (excludes halogenated alkanes) is 1. The molecule has 0 radical (unpaired) electrons. The van der Waals surface area contributed by atoms with Crippen molar-refractivity contribution in [3.63, 3.8) is 0 Å². The fourth-order valence-corrected chi connectivity index (χ4v) is 4.09. The maximum atomic E-state index is 16.0. The van der Waals surface area contributed by atoms with E-state index in [0.29, 0.717) is 12.1 Å². The monoisotopic (exact) mass is 467 g/mol. The van der Waals surface area contributed by atoms with E-state index in [-0.39, 0.29) is 6.61 Å². The van der Waals surface area contributed by atoms with Crippen molar-refractivity contribution in [1.82, 2.24) is 0 Å². The van der Waals surface area contributed by atoms with E-state index in [1.165, 1.54) is 0 Å². The molecule has 1 aliphatic carbocycles. The highest BCUT2D eigenvalue weighted by molar-refractivity contribution is 6.31. The van der Waals surface area contributed by atoms with Crippen molar-refractivity contribution in [2.45, 2.75) is 33.6 Å². The number of phenols is 2. The van der Waals surface area contributed by atoms with Crippen molar-refractivity contribution in [1.29, 1.82) is 0 Å². The molecule has 3 N–H and O–H groups in total. The fourth-order valence-electron chi connectivity index (χ4n) is 4.09. The first-order valence-electron chi connectivity index (χ1n) is 10.8. The highest BCUT2D eigenvalue weighted by Crippen LogP contribution is 2.45. The molecule has 4 rings (SSSR count). The van der Waals surface area contributed by atoms with E-state index in [2.05, 4.69) is 5.32 Å². The molecule has 0 aliphatic heterocycles. The maximum absolute atomic E-state index is 16.0. The number of fused-ring (bicyclic) bond motifs is 2. The zero-order chi connectivity index (χ0) is 24.7. The number of carbonyl (C=O) groups is 2. The van der Waals surface area contributed by atoms with Crippen molar-refractivity contribution in [3.05, 3.63) is 75.3 Å². The summed E-state index contributed by atoms with van der Waals surface area (Å²) in [6.07, 6.45) is 1.28. The average Bonchev–Trinajstić information content (AvgIpc) is 2.79. The van der Waals surface area contributed by atoms with Crippen molar-refractivity contribution in [3.8, 4) is 17.2 Å². The molecule has 0 saturated heterocycles. The van der Waals surface area contributed by atoms with Gasteiger partial charge in [-0.2, -0.15) is 0 Å². The third-order valence-corrected chi connectivity index (χ3v) is 5.88. The van der Waals surface area contributed by atoms with Crippen LogP contribution in [0.3, 0.4) is 0 Å². The maximum Gasteiger partial charge on any atom is 0.201 e. The number of carbonyl (C=O) groups excluding carboxylic acids is 2. The number of hydrogen-bond acceptors (Lipinski definition) is 6. The number of nitrogens with one attached hydrogen (secondary N) is 1. The van der Waals surface area contributed by atoms with Gasteiger partial charge < -0.3 is 20.3 Å². The molecule has 0 spiro atoms. The Morgan fingerprint density at radius 2 is 1.35 bits per heavy atom. The Hall–Kier alpha value is -3.94. The number of halogens is 2. The number of ketones is 2. The van der Waals surface area contributed by atoms with E-state index >= 15 is 8.78 Å². The van der Waals surface area contributed by atoms with Crippen LogP contribution in [0, 0.1) is 25.5 Å². The molecule has 0 fully saturated rings. The number of aromatic hydroxyl groups is 2. The van der Waals surface area contributed by atoms with Crippen LogP contribution in [0.1, 0.15) is 62.7 Å². The SMILES string of the molecule is CCCCOc1c(F)c2c(c(F)c1Nc1c(C)cccc1C)C(=O)c1c(O)ccc(O)c1C2=O. The summed E-state index contributed by atoms with van der Waals surface area (Å²) in [5.74, 6) is -6.40. The van der Waals surface area contributed by atoms with E-state index in [9.17, 15) is 19.8 Å². The summed E-state index contributed by atoms with van der Waals surface area (Å²) in [4.78, 5) is 26.4. The van der Waals surface area contributed by atoms with Crippen LogP contribution in [-0.4, -0.2) is 28.4 Å². The highest BCUT2D eigenvalue weighted by atomic mass is 19.1. The molecular formula is C26H23F2NO5. The second-order valence-electron chi connectivity index (χ2n) is 8.19. The zero-order valence-electron chi connectivity index (χ0n) is 18.9. The summed E-state index contributed by atoms with van der Waals surface area (Å²) in [6.45, 7) is 5.52. The first kappa shape index (κ1) is 23.2. The van der Waals surface area contributed by atoms with Crippen molar-refractivity contribution in [2.24, 2.45) is 0 Å². The Morgan fingerprint density at radius 3 is 1.88 bits per heavy atom. The number of para-hydroxylation sites is 1. The molecule has 0 bridgehead atoms. The van der Waals surface area contributed by atoms with Gasteiger partial charge in [-0.3, -0.25) is 9.59 Å². The minimum atomic E-state index is -1.21. The van der Waals surface area contributed by atoms with E-state index in [1.807, 2.05) is 13.0 Å². The van der Waals surface area contributed by atoms with Gasteiger partial charge in [-0.05, 0) is 43.5 Å². The minimum Gasteiger partial charge on any atom is -0.507 e. The van der Waals surface area contributed by atoms with Gasteiger partial charge in [0.15, 0.2) is 17.4 Å². The van der Waals surface area contributed by atoms with Gasteiger partial charge in [-0.25, -0.2) is 8.78 Å². The Kier molecular flexibility index (Phi) is 6.00. The fraction of sp³-hybridized carbons (Fsp3) is 0.231. The molecule has 34 heavy (non-hydrogen) atoms.